The molecule has 132 valence electrons. The SMILES string of the molecule is CS[C@H]1CN(C(=O)c2cccnc2NC(C)C)C[C@@H]1N1CCCC1. The number of nitrogens with one attached hydrogen (secondary N) is 1. The van der Waals surface area contributed by atoms with Gasteiger partial charge < -0.3 is 10.2 Å². The summed E-state index contributed by atoms with van der Waals surface area (Å²) in [5.74, 6) is 0.801. The molecule has 6 heteroatoms. The molecule has 1 aromatic rings. The van der Waals surface area contributed by atoms with E-state index in [-0.39, 0.29) is 11.9 Å². The monoisotopic (exact) mass is 348 g/mol. The Bertz CT molecular complexity index is 574. The van der Waals surface area contributed by atoms with E-state index in [0.717, 1.165) is 13.1 Å². The summed E-state index contributed by atoms with van der Waals surface area (Å²) in [6.07, 6.45) is 6.48. The Hall–Kier alpha value is -1.27. The van der Waals surface area contributed by atoms with Crippen LogP contribution in [0.4, 0.5) is 5.82 Å². The molecule has 3 heterocycles. The standard InChI is InChI=1S/C18H28N4OS/c1-13(2)20-17-14(7-6-8-19-17)18(23)22-11-15(16(12-22)24-3)21-9-4-5-10-21/h6-8,13,15-16H,4-5,9-12H2,1-3H3,(H,19,20)/t15-,16-/m0/s1. The molecule has 1 aromatic heterocycles. The molecule has 0 saturated carbocycles. The second kappa shape index (κ2) is 7.74. The van der Waals surface area contributed by atoms with E-state index in [4.69, 9.17) is 0 Å². The van der Waals surface area contributed by atoms with Gasteiger partial charge in [0.2, 0.25) is 0 Å². The van der Waals surface area contributed by atoms with Gasteiger partial charge >= 0.3 is 0 Å². The Balaban J connectivity index is 1.76. The second-order valence-corrected chi connectivity index (χ2v) is 8.07. The maximum Gasteiger partial charge on any atom is 0.257 e. The second-order valence-electron chi connectivity index (χ2n) is 6.99. The van der Waals surface area contributed by atoms with Crippen LogP contribution in [0.3, 0.4) is 0 Å². The molecule has 2 saturated heterocycles. The molecular formula is C18H28N4OS. The zero-order valence-corrected chi connectivity index (χ0v) is 15.7. The van der Waals surface area contributed by atoms with Crippen LogP contribution in [-0.4, -0.2) is 70.5 Å². The molecule has 2 aliphatic rings. The van der Waals surface area contributed by atoms with Crippen LogP contribution < -0.4 is 5.32 Å². The minimum absolute atomic E-state index is 0.104. The van der Waals surface area contributed by atoms with Crippen LogP contribution in [0.1, 0.15) is 37.0 Å². The normalized spacial score (nSPS) is 24.8. The van der Waals surface area contributed by atoms with Gasteiger partial charge in [-0.2, -0.15) is 11.8 Å². The Morgan fingerprint density at radius 3 is 2.75 bits per heavy atom. The minimum atomic E-state index is 0.104. The van der Waals surface area contributed by atoms with Crippen molar-refractivity contribution in [3.63, 3.8) is 0 Å². The first-order valence-corrected chi connectivity index (χ1v) is 10.2. The first kappa shape index (κ1) is 17.5. The number of likely N-dealkylation sites (tertiary alicyclic amines) is 2. The number of pyridine rings is 1. The van der Waals surface area contributed by atoms with Gasteiger partial charge in [-0.25, -0.2) is 4.98 Å². The third kappa shape index (κ3) is 3.70. The molecule has 2 atom stereocenters. The molecule has 0 bridgehead atoms. The number of hydrogen-bond acceptors (Lipinski definition) is 5. The molecule has 1 amide bonds. The molecular weight excluding hydrogens is 320 g/mol. The number of amides is 1. The van der Waals surface area contributed by atoms with Crippen molar-refractivity contribution in [1.29, 1.82) is 0 Å². The molecule has 5 nitrogen and oxygen atoms in total. The zero-order chi connectivity index (χ0) is 17.1. The van der Waals surface area contributed by atoms with Crippen molar-refractivity contribution in [3.8, 4) is 0 Å². The number of anilines is 1. The molecule has 0 unspecified atom stereocenters. The molecule has 0 radical (unpaired) electrons. The van der Waals surface area contributed by atoms with Gasteiger partial charge in [-0.1, -0.05) is 0 Å². The maximum atomic E-state index is 13.1. The van der Waals surface area contributed by atoms with E-state index in [1.54, 1.807) is 6.20 Å². The molecule has 24 heavy (non-hydrogen) atoms. The van der Waals surface area contributed by atoms with E-state index >= 15 is 0 Å². The lowest BCUT2D eigenvalue weighted by Crippen LogP contribution is -2.40. The van der Waals surface area contributed by atoms with E-state index in [0.29, 0.717) is 22.7 Å². The van der Waals surface area contributed by atoms with E-state index in [1.807, 2.05) is 28.8 Å². The highest BCUT2D eigenvalue weighted by atomic mass is 32.2. The molecule has 2 fully saturated rings. The Morgan fingerprint density at radius 1 is 1.33 bits per heavy atom. The van der Waals surface area contributed by atoms with Gasteiger partial charge in [-0.3, -0.25) is 9.69 Å². The van der Waals surface area contributed by atoms with Crippen LogP contribution in [0.5, 0.6) is 0 Å². The topological polar surface area (TPSA) is 48.5 Å². The van der Waals surface area contributed by atoms with Crippen molar-refractivity contribution in [1.82, 2.24) is 14.8 Å². The lowest BCUT2D eigenvalue weighted by molar-refractivity contribution is 0.0780. The third-order valence-corrected chi connectivity index (χ3v) is 5.97. The summed E-state index contributed by atoms with van der Waals surface area (Å²) in [6, 6.07) is 4.47. The van der Waals surface area contributed by atoms with Crippen LogP contribution in [-0.2, 0) is 0 Å². The quantitative estimate of drug-likeness (QED) is 0.886. The summed E-state index contributed by atoms with van der Waals surface area (Å²) in [6.45, 7) is 8.14. The van der Waals surface area contributed by atoms with E-state index in [9.17, 15) is 4.79 Å². The van der Waals surface area contributed by atoms with Gasteiger partial charge in [-0.15, -0.1) is 0 Å². The molecule has 0 aromatic carbocycles. The summed E-state index contributed by atoms with van der Waals surface area (Å²) < 4.78 is 0. The van der Waals surface area contributed by atoms with E-state index in [2.05, 4.69) is 35.3 Å². The highest BCUT2D eigenvalue weighted by Crippen LogP contribution is 2.29. The molecule has 2 aliphatic heterocycles. The Labute approximate surface area is 149 Å². The number of carbonyl (C=O) groups is 1. The summed E-state index contributed by atoms with van der Waals surface area (Å²) in [5, 5.41) is 3.80. The van der Waals surface area contributed by atoms with Crippen molar-refractivity contribution < 1.29 is 4.79 Å². The summed E-state index contributed by atoms with van der Waals surface area (Å²) in [5.41, 5.74) is 0.688. The lowest BCUT2D eigenvalue weighted by Gasteiger charge is -2.27. The minimum Gasteiger partial charge on any atom is -0.367 e. The Morgan fingerprint density at radius 2 is 2.08 bits per heavy atom. The number of thioether (sulfide) groups is 1. The molecule has 1 N–H and O–H groups in total. The zero-order valence-electron chi connectivity index (χ0n) is 14.9. The van der Waals surface area contributed by atoms with Crippen LogP contribution in [0.2, 0.25) is 0 Å². The van der Waals surface area contributed by atoms with Crippen LogP contribution in [0.25, 0.3) is 0 Å². The number of aromatic nitrogens is 1. The van der Waals surface area contributed by atoms with Gasteiger partial charge in [0, 0.05) is 36.6 Å². The summed E-state index contributed by atoms with van der Waals surface area (Å²) in [7, 11) is 0. The predicted molar refractivity (Wildman–Crippen MR) is 101 cm³/mol. The summed E-state index contributed by atoms with van der Waals surface area (Å²) >= 11 is 1.89. The molecule has 0 aliphatic carbocycles. The predicted octanol–water partition coefficient (Wildman–Crippen LogP) is 2.55. The molecule has 3 rings (SSSR count). The number of nitrogens with zero attached hydrogens (tertiary/aromatic N) is 3. The largest absolute Gasteiger partial charge is 0.367 e. The smallest absolute Gasteiger partial charge is 0.257 e. The van der Waals surface area contributed by atoms with Crippen LogP contribution in [0.15, 0.2) is 18.3 Å². The average Bonchev–Trinajstić information content (AvgIpc) is 3.23. The van der Waals surface area contributed by atoms with Gasteiger partial charge in [-0.05, 0) is 58.2 Å². The van der Waals surface area contributed by atoms with Crippen molar-refractivity contribution in [2.75, 3.05) is 37.8 Å². The van der Waals surface area contributed by atoms with Crippen molar-refractivity contribution in [3.05, 3.63) is 23.9 Å². The van der Waals surface area contributed by atoms with Gasteiger partial charge in [0.25, 0.3) is 5.91 Å². The van der Waals surface area contributed by atoms with Crippen molar-refractivity contribution >= 4 is 23.5 Å². The fraction of sp³-hybridized carbons (Fsp3) is 0.667. The highest BCUT2D eigenvalue weighted by molar-refractivity contribution is 7.99. The van der Waals surface area contributed by atoms with Gasteiger partial charge in [0.1, 0.15) is 5.82 Å². The van der Waals surface area contributed by atoms with E-state index in [1.165, 1.54) is 25.9 Å². The first-order chi connectivity index (χ1) is 11.6. The third-order valence-electron chi connectivity index (χ3n) is 4.90. The fourth-order valence-corrected chi connectivity index (χ4v) is 4.62. The van der Waals surface area contributed by atoms with Crippen LogP contribution in [0, 0.1) is 0 Å². The number of hydrogen-bond donors (Lipinski definition) is 1. The maximum absolute atomic E-state index is 13.1. The first-order valence-electron chi connectivity index (χ1n) is 8.88. The number of carbonyl (C=O) groups excluding carboxylic acids is 1. The van der Waals surface area contributed by atoms with E-state index < -0.39 is 0 Å². The summed E-state index contributed by atoms with van der Waals surface area (Å²) in [4.78, 5) is 22.1. The van der Waals surface area contributed by atoms with Crippen LogP contribution >= 0.6 is 11.8 Å². The van der Waals surface area contributed by atoms with Gasteiger partial charge in [0.05, 0.1) is 5.56 Å². The Kier molecular flexibility index (Phi) is 5.66. The average molecular weight is 349 g/mol. The highest BCUT2D eigenvalue weighted by Gasteiger charge is 2.39. The van der Waals surface area contributed by atoms with Gasteiger partial charge in [0.15, 0.2) is 0 Å². The lowest BCUT2D eigenvalue weighted by atomic mass is 10.2. The van der Waals surface area contributed by atoms with Crippen molar-refractivity contribution in [2.24, 2.45) is 0 Å². The fourth-order valence-electron chi connectivity index (χ4n) is 3.71. The van der Waals surface area contributed by atoms with Crippen molar-refractivity contribution in [2.45, 2.75) is 44.0 Å². The molecule has 0 spiro atoms. The number of rotatable bonds is 5.